The van der Waals surface area contributed by atoms with E-state index in [9.17, 15) is 0 Å². The Morgan fingerprint density at radius 2 is 1.30 bits per heavy atom. The molecule has 148 valence electrons. The van der Waals surface area contributed by atoms with Crippen LogP contribution < -0.4 is 29.0 Å². The van der Waals surface area contributed by atoms with Crippen molar-refractivity contribution in [2.24, 2.45) is 0 Å². The van der Waals surface area contributed by atoms with Gasteiger partial charge in [0.05, 0.1) is 41.6 Å². The van der Waals surface area contributed by atoms with Crippen LogP contribution in [0.4, 0.5) is 0 Å². The summed E-state index contributed by atoms with van der Waals surface area (Å²) in [4.78, 5) is 0. The highest BCUT2D eigenvalue weighted by Gasteiger charge is 2.26. The van der Waals surface area contributed by atoms with E-state index in [1.165, 1.54) is 5.56 Å². The second-order valence-corrected chi connectivity index (χ2v) is 6.00. The average molecular weight is 396 g/mol. The van der Waals surface area contributed by atoms with Crippen LogP contribution in [0.25, 0.3) is 0 Å². The van der Waals surface area contributed by atoms with Gasteiger partial charge in [0, 0.05) is 6.54 Å². The molecule has 27 heavy (non-hydrogen) atoms. The third-order valence-electron chi connectivity index (χ3n) is 4.72. The Balaban J connectivity index is 0.00000261. The molecule has 1 aliphatic rings. The van der Waals surface area contributed by atoms with Gasteiger partial charge in [-0.15, -0.1) is 12.4 Å². The van der Waals surface area contributed by atoms with Crippen LogP contribution in [0.15, 0.2) is 24.3 Å². The van der Waals surface area contributed by atoms with E-state index in [1.807, 2.05) is 18.2 Å². The van der Waals surface area contributed by atoms with Crippen LogP contribution in [0.3, 0.4) is 0 Å². The van der Waals surface area contributed by atoms with Gasteiger partial charge < -0.3 is 29.0 Å². The molecule has 1 unspecified atom stereocenters. The van der Waals surface area contributed by atoms with E-state index in [4.69, 9.17) is 23.7 Å². The van der Waals surface area contributed by atoms with Gasteiger partial charge in [0.15, 0.2) is 23.0 Å². The fourth-order valence-corrected chi connectivity index (χ4v) is 3.45. The van der Waals surface area contributed by atoms with E-state index in [1.54, 1.807) is 35.5 Å². The van der Waals surface area contributed by atoms with Gasteiger partial charge in [-0.2, -0.15) is 0 Å². The van der Waals surface area contributed by atoms with Crippen LogP contribution in [0.2, 0.25) is 0 Å². The van der Waals surface area contributed by atoms with Crippen LogP contribution in [-0.2, 0) is 6.42 Å². The monoisotopic (exact) mass is 395 g/mol. The summed E-state index contributed by atoms with van der Waals surface area (Å²) in [6.07, 6.45) is 0.927. The van der Waals surface area contributed by atoms with Crippen molar-refractivity contribution in [3.63, 3.8) is 0 Å². The molecule has 1 heterocycles. The Kier molecular flexibility index (Phi) is 7.05. The third-order valence-corrected chi connectivity index (χ3v) is 4.72. The lowest BCUT2D eigenvalue weighted by Gasteiger charge is -2.29. The first-order valence-corrected chi connectivity index (χ1v) is 8.44. The number of benzene rings is 2. The Morgan fingerprint density at radius 1 is 0.741 bits per heavy atom. The van der Waals surface area contributed by atoms with Crippen molar-refractivity contribution in [3.05, 3.63) is 41.0 Å². The van der Waals surface area contributed by atoms with E-state index in [0.29, 0.717) is 23.0 Å². The number of ether oxygens (including phenoxy) is 5. The molecular formula is C20H26ClNO5. The third kappa shape index (κ3) is 3.87. The van der Waals surface area contributed by atoms with Gasteiger partial charge in [-0.25, -0.2) is 0 Å². The zero-order valence-corrected chi connectivity index (χ0v) is 17.1. The largest absolute Gasteiger partial charge is 0.493 e. The molecule has 0 saturated carbocycles. The molecule has 0 bridgehead atoms. The number of hydrogen-bond acceptors (Lipinski definition) is 6. The summed E-state index contributed by atoms with van der Waals surface area (Å²) < 4.78 is 27.4. The Bertz CT molecular complexity index is 771. The molecule has 6 nitrogen and oxygen atoms in total. The van der Waals surface area contributed by atoms with Crippen molar-refractivity contribution in [1.29, 1.82) is 0 Å². The SMILES string of the molecule is COc1cc2c(cc1OC)C(c1cc(OC)c(OC)c(OC)c1)NCC2.Cl. The standard InChI is InChI=1S/C20H25NO5.ClH/c1-22-15-8-12-6-7-21-19(14(12)11-16(15)23-2)13-9-17(24-3)20(26-5)18(10-13)25-4;/h8-11,19,21H,6-7H2,1-5H3;1H. The molecule has 1 aliphatic heterocycles. The fraction of sp³-hybridized carbons (Fsp3) is 0.400. The Morgan fingerprint density at radius 3 is 1.81 bits per heavy atom. The highest BCUT2D eigenvalue weighted by molar-refractivity contribution is 5.85. The van der Waals surface area contributed by atoms with Gasteiger partial charge in [0.25, 0.3) is 0 Å². The minimum atomic E-state index is -0.00716. The van der Waals surface area contributed by atoms with Gasteiger partial charge in [-0.3, -0.25) is 0 Å². The second kappa shape index (κ2) is 9.06. The number of methoxy groups -OCH3 is 5. The molecule has 0 amide bonds. The van der Waals surface area contributed by atoms with Crippen LogP contribution in [0.1, 0.15) is 22.7 Å². The highest BCUT2D eigenvalue weighted by atomic mass is 35.5. The summed E-state index contributed by atoms with van der Waals surface area (Å²) in [6.45, 7) is 0.865. The number of nitrogens with one attached hydrogen (secondary N) is 1. The van der Waals surface area contributed by atoms with Gasteiger partial charge >= 0.3 is 0 Å². The molecule has 0 aromatic heterocycles. The first kappa shape index (κ1) is 21.0. The molecule has 1 atom stereocenters. The van der Waals surface area contributed by atoms with Gasteiger partial charge in [0.1, 0.15) is 0 Å². The number of halogens is 1. The summed E-state index contributed by atoms with van der Waals surface area (Å²) in [6, 6.07) is 8.04. The van der Waals surface area contributed by atoms with Gasteiger partial charge in [-0.05, 0) is 47.4 Å². The van der Waals surface area contributed by atoms with Crippen molar-refractivity contribution in [2.75, 3.05) is 42.1 Å². The van der Waals surface area contributed by atoms with E-state index in [2.05, 4.69) is 11.4 Å². The molecule has 1 N–H and O–H groups in total. The lowest BCUT2D eigenvalue weighted by atomic mass is 9.89. The molecule has 3 rings (SSSR count). The van der Waals surface area contributed by atoms with Crippen molar-refractivity contribution < 1.29 is 23.7 Å². The smallest absolute Gasteiger partial charge is 0.203 e. The molecule has 2 aromatic carbocycles. The zero-order chi connectivity index (χ0) is 18.7. The number of fused-ring (bicyclic) bond motifs is 1. The fourth-order valence-electron chi connectivity index (χ4n) is 3.45. The van der Waals surface area contributed by atoms with Crippen molar-refractivity contribution in [1.82, 2.24) is 5.32 Å². The molecule has 2 aromatic rings. The van der Waals surface area contributed by atoms with E-state index < -0.39 is 0 Å². The van der Waals surface area contributed by atoms with E-state index in [0.717, 1.165) is 29.8 Å². The zero-order valence-electron chi connectivity index (χ0n) is 16.3. The van der Waals surface area contributed by atoms with Crippen LogP contribution in [0, 0.1) is 0 Å². The van der Waals surface area contributed by atoms with Crippen molar-refractivity contribution in [3.8, 4) is 28.7 Å². The normalized spacial score (nSPS) is 15.2. The number of hydrogen-bond donors (Lipinski definition) is 1. The quantitative estimate of drug-likeness (QED) is 0.809. The van der Waals surface area contributed by atoms with Crippen molar-refractivity contribution >= 4 is 12.4 Å². The van der Waals surface area contributed by atoms with Gasteiger partial charge in [-0.1, -0.05) is 0 Å². The molecule has 0 radical (unpaired) electrons. The predicted octanol–water partition coefficient (Wildman–Crippen LogP) is 3.39. The summed E-state index contributed by atoms with van der Waals surface area (Å²) in [5.74, 6) is 3.32. The topological polar surface area (TPSA) is 58.2 Å². The van der Waals surface area contributed by atoms with Crippen LogP contribution >= 0.6 is 12.4 Å². The molecule has 7 heteroatoms. The second-order valence-electron chi connectivity index (χ2n) is 6.00. The summed E-state index contributed by atoms with van der Waals surface area (Å²) in [7, 11) is 8.15. The van der Waals surface area contributed by atoms with Crippen molar-refractivity contribution in [2.45, 2.75) is 12.5 Å². The van der Waals surface area contributed by atoms with E-state index >= 15 is 0 Å². The summed E-state index contributed by atoms with van der Waals surface area (Å²) >= 11 is 0. The molecular weight excluding hydrogens is 370 g/mol. The van der Waals surface area contributed by atoms with Gasteiger partial charge in [0.2, 0.25) is 5.75 Å². The average Bonchev–Trinajstić information content (AvgIpc) is 2.70. The highest BCUT2D eigenvalue weighted by Crippen LogP contribution is 2.43. The minimum absolute atomic E-state index is 0. The van der Waals surface area contributed by atoms with Crippen LogP contribution in [-0.4, -0.2) is 42.1 Å². The molecule has 0 fully saturated rings. The molecule has 0 aliphatic carbocycles. The Labute approximate surface area is 166 Å². The maximum absolute atomic E-state index is 5.50. The predicted molar refractivity (Wildman–Crippen MR) is 106 cm³/mol. The molecule has 0 saturated heterocycles. The first-order chi connectivity index (χ1) is 12.7. The van der Waals surface area contributed by atoms with E-state index in [-0.39, 0.29) is 18.4 Å². The summed E-state index contributed by atoms with van der Waals surface area (Å²) in [5, 5.41) is 3.57. The molecule has 0 spiro atoms. The first-order valence-electron chi connectivity index (χ1n) is 8.44. The maximum Gasteiger partial charge on any atom is 0.203 e. The minimum Gasteiger partial charge on any atom is -0.493 e. The maximum atomic E-state index is 5.50. The van der Waals surface area contributed by atoms with Crippen LogP contribution in [0.5, 0.6) is 28.7 Å². The lowest BCUT2D eigenvalue weighted by Crippen LogP contribution is -2.30. The summed E-state index contributed by atoms with van der Waals surface area (Å²) in [5.41, 5.74) is 3.43. The lowest BCUT2D eigenvalue weighted by molar-refractivity contribution is 0.323. The Hall–Kier alpha value is -2.31. The number of rotatable bonds is 6.